The topological polar surface area (TPSA) is 130 Å². The Labute approximate surface area is 236 Å². The van der Waals surface area contributed by atoms with Crippen LogP contribution in [0.3, 0.4) is 0 Å². The fraction of sp³-hybridized carbons (Fsp3) is 0.194. The molecule has 2 N–H and O–H groups in total. The first-order chi connectivity index (χ1) is 19.8. The van der Waals surface area contributed by atoms with Gasteiger partial charge in [0, 0.05) is 30.7 Å². The van der Waals surface area contributed by atoms with Gasteiger partial charge in [-0.15, -0.1) is 0 Å². The number of hydrogen-bond acceptors (Lipinski definition) is 6. The zero-order valence-electron chi connectivity index (χ0n) is 22.4. The van der Waals surface area contributed by atoms with Gasteiger partial charge in [0.15, 0.2) is 0 Å². The lowest BCUT2D eigenvalue weighted by atomic mass is 9.95. The summed E-state index contributed by atoms with van der Waals surface area (Å²) in [5, 5.41) is 22.5. The Morgan fingerprint density at radius 1 is 1.10 bits per heavy atom. The molecular weight excluding hydrogens is 524 g/mol. The Hall–Kier alpha value is -5.25. The molecule has 2 heterocycles. The van der Waals surface area contributed by atoms with E-state index < -0.39 is 22.7 Å². The SMILES string of the molecule is Cc1cccc(COc2ccc(C(O)=C3C(=O)C(=O)N(CCC[n+]4cc[nH]c4)C3c3ccc([N+](=O)[O-])cc3)cc2)c1. The van der Waals surface area contributed by atoms with Crippen molar-refractivity contribution in [1.29, 1.82) is 0 Å². The summed E-state index contributed by atoms with van der Waals surface area (Å²) < 4.78 is 7.79. The molecule has 3 aromatic carbocycles. The molecule has 0 aliphatic carbocycles. The van der Waals surface area contributed by atoms with Crippen LogP contribution in [0, 0.1) is 17.0 Å². The van der Waals surface area contributed by atoms with Gasteiger partial charge in [0.2, 0.25) is 6.33 Å². The molecule has 1 aliphatic rings. The van der Waals surface area contributed by atoms with Crippen molar-refractivity contribution in [3.63, 3.8) is 0 Å². The number of H-pyrrole nitrogens is 1. The number of nitro benzene ring substituents is 1. The quantitative estimate of drug-likeness (QED) is 0.0737. The average Bonchev–Trinajstić information content (AvgIpc) is 3.58. The van der Waals surface area contributed by atoms with Gasteiger partial charge in [-0.2, -0.15) is 0 Å². The van der Waals surface area contributed by atoms with Gasteiger partial charge in [0.25, 0.3) is 17.4 Å². The van der Waals surface area contributed by atoms with Gasteiger partial charge < -0.3 is 14.7 Å². The summed E-state index contributed by atoms with van der Waals surface area (Å²) in [5.74, 6) is -1.27. The highest BCUT2D eigenvalue weighted by atomic mass is 16.6. The van der Waals surface area contributed by atoms with E-state index >= 15 is 0 Å². The van der Waals surface area contributed by atoms with Crippen LogP contribution in [0.15, 0.2) is 97.1 Å². The number of likely N-dealkylation sites (tertiary alicyclic amines) is 1. The number of aliphatic hydroxyl groups excluding tert-OH is 1. The number of amides is 1. The number of aromatic nitrogens is 2. The van der Waals surface area contributed by atoms with Gasteiger partial charge in [0.1, 0.15) is 30.5 Å². The minimum absolute atomic E-state index is 0.0634. The zero-order chi connectivity index (χ0) is 28.9. The minimum Gasteiger partial charge on any atom is -0.507 e. The lowest BCUT2D eigenvalue weighted by molar-refractivity contribution is -0.695. The zero-order valence-corrected chi connectivity index (χ0v) is 22.4. The lowest BCUT2D eigenvalue weighted by Gasteiger charge is -2.25. The predicted molar refractivity (Wildman–Crippen MR) is 150 cm³/mol. The number of nitrogens with zero attached hydrogens (tertiary/aromatic N) is 3. The molecule has 10 nitrogen and oxygen atoms in total. The number of rotatable bonds is 10. The van der Waals surface area contributed by atoms with E-state index in [0.717, 1.165) is 11.1 Å². The first-order valence-corrected chi connectivity index (χ1v) is 13.1. The minimum atomic E-state index is -0.899. The van der Waals surface area contributed by atoms with E-state index in [4.69, 9.17) is 4.74 Å². The maximum Gasteiger partial charge on any atom is 0.295 e. The summed E-state index contributed by atoms with van der Waals surface area (Å²) in [7, 11) is 0. The number of imidazole rings is 1. The molecule has 1 fully saturated rings. The molecule has 1 atom stereocenters. The summed E-state index contributed by atoms with van der Waals surface area (Å²) in [6.07, 6.45) is 5.97. The lowest BCUT2D eigenvalue weighted by Crippen LogP contribution is -2.36. The number of nitro groups is 1. The van der Waals surface area contributed by atoms with Crippen molar-refractivity contribution in [2.45, 2.75) is 32.5 Å². The third-order valence-corrected chi connectivity index (χ3v) is 6.99. The molecule has 0 spiro atoms. The van der Waals surface area contributed by atoms with E-state index in [0.29, 0.717) is 36.4 Å². The van der Waals surface area contributed by atoms with Crippen LogP contribution in [0.1, 0.15) is 34.7 Å². The fourth-order valence-electron chi connectivity index (χ4n) is 4.95. The van der Waals surface area contributed by atoms with Crippen molar-refractivity contribution in [1.82, 2.24) is 9.88 Å². The smallest absolute Gasteiger partial charge is 0.295 e. The van der Waals surface area contributed by atoms with Crippen molar-refractivity contribution in [2.75, 3.05) is 6.54 Å². The summed E-state index contributed by atoms with van der Waals surface area (Å²) in [4.78, 5) is 41.5. The number of non-ortho nitro benzene ring substituents is 1. The first-order valence-electron chi connectivity index (χ1n) is 13.1. The van der Waals surface area contributed by atoms with Crippen LogP contribution in [0.2, 0.25) is 0 Å². The van der Waals surface area contributed by atoms with Gasteiger partial charge in [-0.25, -0.2) is 4.57 Å². The monoisotopic (exact) mass is 553 g/mol. The number of aliphatic hydroxyl groups is 1. The van der Waals surface area contributed by atoms with Crippen LogP contribution in [0.4, 0.5) is 5.69 Å². The Balaban J connectivity index is 1.43. The molecule has 0 bridgehead atoms. The molecule has 0 radical (unpaired) electrons. The van der Waals surface area contributed by atoms with Gasteiger partial charge in [-0.1, -0.05) is 29.8 Å². The largest absolute Gasteiger partial charge is 0.507 e. The Morgan fingerprint density at radius 2 is 1.85 bits per heavy atom. The number of hydrogen-bond donors (Lipinski definition) is 2. The van der Waals surface area contributed by atoms with E-state index in [1.807, 2.05) is 42.0 Å². The van der Waals surface area contributed by atoms with Crippen molar-refractivity contribution >= 4 is 23.1 Å². The number of benzene rings is 3. The number of aromatic amines is 1. The second-order valence-corrected chi connectivity index (χ2v) is 9.85. The Morgan fingerprint density at radius 3 is 2.51 bits per heavy atom. The molecule has 0 saturated carbocycles. The standard InChI is InChI=1S/C31H28N4O6/c1-21-4-2-5-22(18-21)19-41-26-12-8-24(9-13-26)29(36)27-28(23-6-10-25(11-7-23)35(39)40)34(31(38)30(27)37)16-3-15-33-17-14-32-20-33/h2,4-14,17-18,20,28H,3,15-16,19H2,1H3,(H,36,37)/p+1. The molecule has 1 amide bonds. The first kappa shape index (κ1) is 27.3. The van der Waals surface area contributed by atoms with Gasteiger partial charge in [-0.05, 0) is 54.4 Å². The fourth-order valence-corrected chi connectivity index (χ4v) is 4.95. The van der Waals surface area contributed by atoms with Crippen LogP contribution in [-0.2, 0) is 22.7 Å². The molecule has 1 saturated heterocycles. The molecule has 4 aromatic rings. The molecule has 5 rings (SSSR count). The van der Waals surface area contributed by atoms with Gasteiger partial charge in [0.05, 0.1) is 23.1 Å². The number of Topliss-reactive ketones (excluding diaryl/α,β-unsaturated/α-hetero) is 1. The second kappa shape index (κ2) is 11.9. The highest BCUT2D eigenvalue weighted by Crippen LogP contribution is 2.40. The second-order valence-electron chi connectivity index (χ2n) is 9.85. The van der Waals surface area contributed by atoms with Crippen LogP contribution < -0.4 is 9.30 Å². The van der Waals surface area contributed by atoms with E-state index in [2.05, 4.69) is 4.98 Å². The summed E-state index contributed by atoms with van der Waals surface area (Å²) in [6.45, 7) is 3.23. The molecule has 1 aromatic heterocycles. The van der Waals surface area contributed by atoms with Crippen molar-refractivity contribution in [2.24, 2.45) is 0 Å². The summed E-state index contributed by atoms with van der Waals surface area (Å²) in [6, 6.07) is 19.4. The maximum absolute atomic E-state index is 13.3. The Bertz CT molecular complexity index is 1590. The number of aryl methyl sites for hydroxylation is 2. The summed E-state index contributed by atoms with van der Waals surface area (Å²) >= 11 is 0. The third-order valence-electron chi connectivity index (χ3n) is 6.99. The summed E-state index contributed by atoms with van der Waals surface area (Å²) in [5.41, 5.74) is 2.82. The number of carbonyl (C=O) groups is 2. The molecule has 208 valence electrons. The number of ether oxygens (including phenoxy) is 1. The van der Waals surface area contributed by atoms with E-state index in [-0.39, 0.29) is 23.6 Å². The highest BCUT2D eigenvalue weighted by molar-refractivity contribution is 6.46. The van der Waals surface area contributed by atoms with Crippen LogP contribution >= 0.6 is 0 Å². The highest BCUT2D eigenvalue weighted by Gasteiger charge is 2.46. The number of nitrogens with one attached hydrogen (secondary N) is 1. The average molecular weight is 554 g/mol. The van der Waals surface area contributed by atoms with Crippen molar-refractivity contribution in [3.05, 3.63) is 129 Å². The van der Waals surface area contributed by atoms with Crippen molar-refractivity contribution in [3.8, 4) is 5.75 Å². The van der Waals surface area contributed by atoms with Gasteiger partial charge >= 0.3 is 0 Å². The van der Waals surface area contributed by atoms with Crippen molar-refractivity contribution < 1.29 is 28.9 Å². The van der Waals surface area contributed by atoms with E-state index in [9.17, 15) is 24.8 Å². The van der Waals surface area contributed by atoms with Crippen LogP contribution in [0.25, 0.3) is 5.76 Å². The normalized spacial score (nSPS) is 16.2. The molecule has 1 aliphatic heterocycles. The predicted octanol–water partition coefficient (Wildman–Crippen LogP) is 4.61. The molecular formula is C31H29N4O6+. The van der Waals surface area contributed by atoms with E-state index in [1.54, 1.807) is 36.8 Å². The van der Waals surface area contributed by atoms with Crippen LogP contribution in [-0.4, -0.2) is 38.1 Å². The Kier molecular flexibility index (Phi) is 7.91. The molecule has 10 heteroatoms. The van der Waals surface area contributed by atoms with E-state index in [1.165, 1.54) is 29.2 Å². The number of ketones is 1. The van der Waals surface area contributed by atoms with Gasteiger partial charge in [-0.3, -0.25) is 24.7 Å². The third kappa shape index (κ3) is 6.01. The molecule has 1 unspecified atom stereocenters. The molecule has 41 heavy (non-hydrogen) atoms. The number of carbonyl (C=O) groups excluding carboxylic acids is 2. The maximum atomic E-state index is 13.3. The van der Waals surface area contributed by atoms with Crippen LogP contribution in [0.5, 0.6) is 5.75 Å².